The SMILES string of the molecule is CC=CO[Si](OC)(OC)C1=CCCCC1. The highest BCUT2D eigenvalue weighted by Crippen LogP contribution is 2.28. The van der Waals surface area contributed by atoms with Crippen LogP contribution in [0, 0.1) is 0 Å². The molecule has 0 aliphatic heterocycles. The zero-order chi connectivity index (χ0) is 11.1. The van der Waals surface area contributed by atoms with Crippen LogP contribution in [0.4, 0.5) is 0 Å². The Kier molecular flexibility index (Phi) is 5.08. The summed E-state index contributed by atoms with van der Waals surface area (Å²) in [7, 11) is 0.733. The van der Waals surface area contributed by atoms with Gasteiger partial charge in [-0.1, -0.05) is 12.2 Å². The van der Waals surface area contributed by atoms with Crippen molar-refractivity contribution in [3.63, 3.8) is 0 Å². The molecular weight excluding hydrogens is 208 g/mol. The van der Waals surface area contributed by atoms with Crippen molar-refractivity contribution < 1.29 is 13.3 Å². The van der Waals surface area contributed by atoms with Crippen molar-refractivity contribution in [3.05, 3.63) is 23.6 Å². The van der Waals surface area contributed by atoms with Gasteiger partial charge >= 0.3 is 8.80 Å². The van der Waals surface area contributed by atoms with E-state index in [1.165, 1.54) is 18.0 Å². The molecule has 0 spiro atoms. The highest BCUT2D eigenvalue weighted by atomic mass is 28.4. The molecule has 0 bridgehead atoms. The van der Waals surface area contributed by atoms with Gasteiger partial charge in [0.05, 0.1) is 6.26 Å². The first kappa shape index (κ1) is 12.5. The molecule has 1 aliphatic carbocycles. The van der Waals surface area contributed by atoms with E-state index >= 15 is 0 Å². The van der Waals surface area contributed by atoms with Gasteiger partial charge in [-0.2, -0.15) is 0 Å². The second-order valence-corrected chi connectivity index (χ2v) is 6.33. The third-order valence-electron chi connectivity index (χ3n) is 2.58. The summed E-state index contributed by atoms with van der Waals surface area (Å²) in [5.74, 6) is 0. The predicted molar refractivity (Wildman–Crippen MR) is 62.2 cm³/mol. The third-order valence-corrected chi connectivity index (χ3v) is 5.34. The fourth-order valence-electron chi connectivity index (χ4n) is 1.79. The summed E-state index contributed by atoms with van der Waals surface area (Å²) >= 11 is 0. The molecule has 3 nitrogen and oxygen atoms in total. The van der Waals surface area contributed by atoms with Gasteiger partial charge in [-0.3, -0.25) is 0 Å². The van der Waals surface area contributed by atoms with Gasteiger partial charge in [-0.25, -0.2) is 0 Å². The van der Waals surface area contributed by atoms with Gasteiger partial charge in [0, 0.05) is 19.4 Å². The van der Waals surface area contributed by atoms with E-state index in [0.717, 1.165) is 12.8 Å². The first-order valence-corrected chi connectivity index (χ1v) is 7.10. The molecule has 0 unspecified atom stereocenters. The van der Waals surface area contributed by atoms with Gasteiger partial charge in [0.1, 0.15) is 0 Å². The van der Waals surface area contributed by atoms with Crippen LogP contribution >= 0.6 is 0 Å². The molecule has 0 aromatic rings. The maximum atomic E-state index is 5.66. The Hall–Kier alpha value is -0.583. The molecule has 86 valence electrons. The van der Waals surface area contributed by atoms with E-state index in [4.69, 9.17) is 13.3 Å². The van der Waals surface area contributed by atoms with Crippen LogP contribution in [-0.4, -0.2) is 23.0 Å². The fourth-order valence-corrected chi connectivity index (χ4v) is 4.02. The van der Waals surface area contributed by atoms with Crippen molar-refractivity contribution in [3.8, 4) is 0 Å². The van der Waals surface area contributed by atoms with Crippen LogP contribution in [0.25, 0.3) is 0 Å². The van der Waals surface area contributed by atoms with Crippen molar-refractivity contribution in [1.29, 1.82) is 0 Å². The van der Waals surface area contributed by atoms with Gasteiger partial charge < -0.3 is 13.3 Å². The van der Waals surface area contributed by atoms with Crippen LogP contribution in [0.5, 0.6) is 0 Å². The molecule has 0 saturated carbocycles. The molecule has 0 N–H and O–H groups in total. The first-order valence-electron chi connectivity index (χ1n) is 5.38. The highest BCUT2D eigenvalue weighted by molar-refractivity contribution is 6.68. The molecule has 1 rings (SSSR count). The summed E-state index contributed by atoms with van der Waals surface area (Å²) in [6, 6.07) is 0. The first-order chi connectivity index (χ1) is 7.29. The van der Waals surface area contributed by atoms with E-state index in [2.05, 4.69) is 6.08 Å². The second-order valence-electron chi connectivity index (χ2n) is 3.53. The van der Waals surface area contributed by atoms with E-state index < -0.39 is 8.80 Å². The number of hydrogen-bond acceptors (Lipinski definition) is 3. The van der Waals surface area contributed by atoms with Gasteiger partial charge in [0.25, 0.3) is 0 Å². The lowest BCUT2D eigenvalue weighted by Crippen LogP contribution is -2.45. The molecular formula is C11H20O3Si. The van der Waals surface area contributed by atoms with Gasteiger partial charge in [0.2, 0.25) is 0 Å². The maximum absolute atomic E-state index is 5.66. The number of rotatable bonds is 5. The summed E-state index contributed by atoms with van der Waals surface area (Å²) in [4.78, 5) is 0. The Balaban J connectivity index is 2.82. The lowest BCUT2D eigenvalue weighted by molar-refractivity contribution is 0.149. The zero-order valence-corrected chi connectivity index (χ0v) is 10.8. The van der Waals surface area contributed by atoms with Crippen LogP contribution in [0.2, 0.25) is 0 Å². The largest absolute Gasteiger partial charge is 0.597 e. The van der Waals surface area contributed by atoms with E-state index in [-0.39, 0.29) is 0 Å². The van der Waals surface area contributed by atoms with Crippen LogP contribution < -0.4 is 0 Å². The van der Waals surface area contributed by atoms with Crippen molar-refractivity contribution in [2.45, 2.75) is 32.6 Å². The summed E-state index contributed by atoms with van der Waals surface area (Å²) < 4.78 is 16.7. The second kappa shape index (κ2) is 6.10. The Morgan fingerprint density at radius 3 is 2.47 bits per heavy atom. The maximum Gasteiger partial charge on any atom is 0.597 e. The topological polar surface area (TPSA) is 27.7 Å². The average Bonchev–Trinajstić information content (AvgIpc) is 2.33. The normalized spacial score (nSPS) is 17.9. The highest BCUT2D eigenvalue weighted by Gasteiger charge is 2.45. The predicted octanol–water partition coefficient (Wildman–Crippen LogP) is 2.81. The van der Waals surface area contributed by atoms with Crippen LogP contribution in [-0.2, 0) is 13.3 Å². The van der Waals surface area contributed by atoms with Crippen molar-refractivity contribution in [2.24, 2.45) is 0 Å². The Bertz CT molecular complexity index is 244. The summed E-state index contributed by atoms with van der Waals surface area (Å²) in [6.07, 6.45) is 10.3. The van der Waals surface area contributed by atoms with Crippen LogP contribution in [0.3, 0.4) is 0 Å². The van der Waals surface area contributed by atoms with Crippen molar-refractivity contribution in [2.75, 3.05) is 14.2 Å². The monoisotopic (exact) mass is 228 g/mol. The summed E-state index contributed by atoms with van der Waals surface area (Å²) in [5, 5.41) is 1.22. The van der Waals surface area contributed by atoms with Gasteiger partial charge in [-0.05, 0) is 32.6 Å². The lowest BCUT2D eigenvalue weighted by atomic mass is 10.1. The van der Waals surface area contributed by atoms with Crippen molar-refractivity contribution in [1.82, 2.24) is 0 Å². The standard InChI is InChI=1S/C11H20O3Si/c1-4-10-14-15(12-2,13-3)11-8-6-5-7-9-11/h4,8,10H,5-7,9H2,1-3H3. The van der Waals surface area contributed by atoms with E-state index in [0.29, 0.717) is 0 Å². The number of hydrogen-bond donors (Lipinski definition) is 0. The van der Waals surface area contributed by atoms with E-state index in [9.17, 15) is 0 Å². The lowest BCUT2D eigenvalue weighted by Gasteiger charge is -2.28. The Morgan fingerprint density at radius 1 is 1.27 bits per heavy atom. The summed E-state index contributed by atoms with van der Waals surface area (Å²) in [5.41, 5.74) is 0. The molecule has 0 amide bonds. The average molecular weight is 228 g/mol. The molecule has 0 fully saturated rings. The van der Waals surface area contributed by atoms with Gasteiger partial charge in [-0.15, -0.1) is 0 Å². The van der Waals surface area contributed by atoms with Crippen molar-refractivity contribution >= 4 is 8.80 Å². The molecule has 15 heavy (non-hydrogen) atoms. The molecule has 0 heterocycles. The molecule has 4 heteroatoms. The minimum atomic E-state index is -2.59. The van der Waals surface area contributed by atoms with Gasteiger partial charge in [0.15, 0.2) is 0 Å². The Labute approximate surface area is 93.1 Å². The minimum Gasteiger partial charge on any atom is -0.505 e. The minimum absolute atomic E-state index is 1.03. The molecule has 0 saturated heterocycles. The third kappa shape index (κ3) is 2.93. The molecule has 0 aromatic carbocycles. The molecule has 1 aliphatic rings. The smallest absolute Gasteiger partial charge is 0.505 e. The summed E-state index contributed by atoms with van der Waals surface area (Å²) in [6.45, 7) is 1.92. The molecule has 0 aromatic heterocycles. The quantitative estimate of drug-likeness (QED) is 0.535. The molecule has 0 radical (unpaired) electrons. The van der Waals surface area contributed by atoms with Crippen LogP contribution in [0.1, 0.15) is 32.6 Å². The van der Waals surface area contributed by atoms with E-state index in [1.54, 1.807) is 20.5 Å². The Morgan fingerprint density at radius 2 is 2.00 bits per heavy atom. The zero-order valence-electron chi connectivity index (χ0n) is 9.79. The van der Waals surface area contributed by atoms with E-state index in [1.807, 2.05) is 13.0 Å². The fraction of sp³-hybridized carbons (Fsp3) is 0.636. The van der Waals surface area contributed by atoms with Crippen LogP contribution in [0.15, 0.2) is 23.6 Å². The number of allylic oxidation sites excluding steroid dienone is 3. The molecule has 0 atom stereocenters.